The molecule has 1 aromatic rings. The van der Waals surface area contributed by atoms with Crippen molar-refractivity contribution in [2.75, 3.05) is 11.5 Å². The van der Waals surface area contributed by atoms with Gasteiger partial charge in [0.2, 0.25) is 0 Å². The smallest absolute Gasteiger partial charge is 0.150 e. The van der Waals surface area contributed by atoms with Crippen molar-refractivity contribution in [1.82, 2.24) is 0 Å². The molecule has 104 valence electrons. The summed E-state index contributed by atoms with van der Waals surface area (Å²) in [6, 6.07) is 10.1. The van der Waals surface area contributed by atoms with Crippen LogP contribution in [-0.4, -0.2) is 25.7 Å². The molecule has 1 aromatic carbocycles. The summed E-state index contributed by atoms with van der Waals surface area (Å²) in [7, 11) is -2.94. The van der Waals surface area contributed by atoms with E-state index in [1.807, 2.05) is 18.2 Å². The van der Waals surface area contributed by atoms with Crippen molar-refractivity contribution in [2.45, 2.75) is 32.1 Å². The molecule has 0 radical (unpaired) electrons. The van der Waals surface area contributed by atoms with Gasteiger partial charge in [-0.25, -0.2) is 8.42 Å². The van der Waals surface area contributed by atoms with Crippen molar-refractivity contribution in [3.63, 3.8) is 0 Å². The van der Waals surface area contributed by atoms with Gasteiger partial charge in [0.15, 0.2) is 0 Å². The van der Waals surface area contributed by atoms with Crippen molar-refractivity contribution in [1.29, 1.82) is 0 Å². The van der Waals surface area contributed by atoms with Gasteiger partial charge in [-0.3, -0.25) is 4.79 Å². The minimum absolute atomic E-state index is 0.117. The summed E-state index contributed by atoms with van der Waals surface area (Å²) >= 11 is 0. The van der Waals surface area contributed by atoms with E-state index in [1.54, 1.807) is 6.92 Å². The van der Waals surface area contributed by atoms with Gasteiger partial charge in [-0.15, -0.1) is 0 Å². The van der Waals surface area contributed by atoms with Crippen molar-refractivity contribution < 1.29 is 13.2 Å². The predicted molar refractivity (Wildman–Crippen MR) is 75.9 cm³/mol. The number of carbonyl (C=O) groups excluding carboxylic acids is 1. The van der Waals surface area contributed by atoms with E-state index in [4.69, 9.17) is 0 Å². The van der Waals surface area contributed by atoms with Crippen LogP contribution in [-0.2, 0) is 14.6 Å². The van der Waals surface area contributed by atoms with Crippen LogP contribution in [0.3, 0.4) is 0 Å². The fourth-order valence-corrected chi connectivity index (χ4v) is 3.29. The SMILES string of the molecule is CCS(=O)(=O)CCCC(=O)C1CC1c1ccccc1. The number of sulfone groups is 1. The van der Waals surface area contributed by atoms with Crippen molar-refractivity contribution >= 4 is 15.6 Å². The Kier molecular flexibility index (Phi) is 4.40. The van der Waals surface area contributed by atoms with Gasteiger partial charge in [-0.2, -0.15) is 0 Å². The highest BCUT2D eigenvalue weighted by Gasteiger charge is 2.42. The van der Waals surface area contributed by atoms with E-state index in [-0.39, 0.29) is 23.2 Å². The van der Waals surface area contributed by atoms with Gasteiger partial charge in [0.25, 0.3) is 0 Å². The number of hydrogen-bond acceptors (Lipinski definition) is 3. The predicted octanol–water partition coefficient (Wildman–Crippen LogP) is 2.57. The molecule has 2 atom stereocenters. The number of carbonyl (C=O) groups is 1. The molecule has 3 nitrogen and oxygen atoms in total. The summed E-state index contributed by atoms with van der Waals surface area (Å²) in [6.45, 7) is 1.64. The van der Waals surface area contributed by atoms with Gasteiger partial charge in [0.1, 0.15) is 15.6 Å². The van der Waals surface area contributed by atoms with Crippen molar-refractivity contribution in [3.05, 3.63) is 35.9 Å². The monoisotopic (exact) mass is 280 g/mol. The highest BCUT2D eigenvalue weighted by molar-refractivity contribution is 7.91. The molecule has 0 aromatic heterocycles. The minimum Gasteiger partial charge on any atom is -0.299 e. The van der Waals surface area contributed by atoms with E-state index < -0.39 is 9.84 Å². The molecular formula is C15H20O3S. The molecule has 0 saturated heterocycles. The summed E-state index contributed by atoms with van der Waals surface area (Å²) in [5, 5.41) is 0. The molecule has 0 aliphatic heterocycles. The molecule has 0 heterocycles. The highest BCUT2D eigenvalue weighted by atomic mass is 32.2. The Hall–Kier alpha value is -1.16. The molecular weight excluding hydrogens is 260 g/mol. The van der Waals surface area contributed by atoms with Crippen LogP contribution in [0.25, 0.3) is 0 Å². The lowest BCUT2D eigenvalue weighted by Crippen LogP contribution is -2.11. The average molecular weight is 280 g/mol. The largest absolute Gasteiger partial charge is 0.299 e. The lowest BCUT2D eigenvalue weighted by molar-refractivity contribution is -0.120. The molecule has 4 heteroatoms. The van der Waals surface area contributed by atoms with E-state index in [0.29, 0.717) is 18.8 Å². The number of Topliss-reactive ketones (excluding diaryl/α,β-unsaturated/α-hetero) is 1. The first-order valence-corrected chi connectivity index (χ1v) is 8.63. The van der Waals surface area contributed by atoms with Gasteiger partial charge < -0.3 is 0 Å². The van der Waals surface area contributed by atoms with E-state index in [1.165, 1.54) is 5.56 Å². The quantitative estimate of drug-likeness (QED) is 0.771. The fraction of sp³-hybridized carbons (Fsp3) is 0.533. The van der Waals surface area contributed by atoms with E-state index >= 15 is 0 Å². The third-order valence-corrected chi connectivity index (χ3v) is 5.54. The van der Waals surface area contributed by atoms with Crippen LogP contribution < -0.4 is 0 Å². The first kappa shape index (κ1) is 14.3. The van der Waals surface area contributed by atoms with Gasteiger partial charge in [0.05, 0.1) is 5.75 Å². The summed E-state index contributed by atoms with van der Waals surface area (Å²) in [5.74, 6) is 0.998. The first-order chi connectivity index (χ1) is 9.03. The van der Waals surface area contributed by atoms with Gasteiger partial charge >= 0.3 is 0 Å². The Morgan fingerprint density at radius 2 is 1.95 bits per heavy atom. The molecule has 1 saturated carbocycles. The summed E-state index contributed by atoms with van der Waals surface area (Å²) in [4.78, 5) is 12.0. The van der Waals surface area contributed by atoms with Crippen LogP contribution in [0.4, 0.5) is 0 Å². The molecule has 0 amide bonds. The van der Waals surface area contributed by atoms with E-state index in [2.05, 4.69) is 12.1 Å². The maximum absolute atomic E-state index is 12.0. The third-order valence-electron chi connectivity index (χ3n) is 3.75. The first-order valence-electron chi connectivity index (χ1n) is 6.81. The second kappa shape index (κ2) is 5.87. The number of ketones is 1. The van der Waals surface area contributed by atoms with Crippen LogP contribution in [0.1, 0.15) is 37.7 Å². The maximum atomic E-state index is 12.0. The molecule has 0 N–H and O–H groups in total. The average Bonchev–Trinajstić information content (AvgIpc) is 3.20. The summed E-state index contributed by atoms with van der Waals surface area (Å²) in [5.41, 5.74) is 1.22. The Morgan fingerprint density at radius 3 is 2.58 bits per heavy atom. The lowest BCUT2D eigenvalue weighted by atomic mass is 10.1. The molecule has 1 aliphatic rings. The number of benzene rings is 1. The fourth-order valence-electron chi connectivity index (χ4n) is 2.42. The zero-order chi connectivity index (χ0) is 13.9. The molecule has 1 fully saturated rings. The van der Waals surface area contributed by atoms with Crippen LogP contribution in [0, 0.1) is 5.92 Å². The Morgan fingerprint density at radius 1 is 1.26 bits per heavy atom. The number of rotatable bonds is 7. The van der Waals surface area contributed by atoms with Gasteiger partial charge in [-0.05, 0) is 24.3 Å². The van der Waals surface area contributed by atoms with Crippen molar-refractivity contribution in [2.24, 2.45) is 5.92 Å². The van der Waals surface area contributed by atoms with Crippen molar-refractivity contribution in [3.8, 4) is 0 Å². The summed E-state index contributed by atoms with van der Waals surface area (Å²) in [6.07, 6.45) is 1.78. The molecule has 2 rings (SSSR count). The van der Waals surface area contributed by atoms with Gasteiger partial charge in [0, 0.05) is 18.1 Å². The Bertz CT molecular complexity index is 534. The molecule has 19 heavy (non-hydrogen) atoms. The second-order valence-corrected chi connectivity index (χ2v) is 7.64. The third kappa shape index (κ3) is 3.90. The normalized spacial score (nSPS) is 22.2. The topological polar surface area (TPSA) is 51.2 Å². The molecule has 1 aliphatic carbocycles. The lowest BCUT2D eigenvalue weighted by Gasteiger charge is -2.02. The van der Waals surface area contributed by atoms with E-state index in [9.17, 15) is 13.2 Å². The zero-order valence-electron chi connectivity index (χ0n) is 11.2. The van der Waals surface area contributed by atoms with Crippen LogP contribution in [0.2, 0.25) is 0 Å². The standard InChI is InChI=1S/C15H20O3S/c1-2-19(17,18)10-6-9-15(16)14-11-13(14)12-7-4-3-5-8-12/h3-5,7-8,13-14H,2,6,9-11H2,1H3. The zero-order valence-corrected chi connectivity index (χ0v) is 12.0. The van der Waals surface area contributed by atoms with Crippen LogP contribution >= 0.6 is 0 Å². The Balaban J connectivity index is 1.78. The molecule has 0 bridgehead atoms. The Labute approximate surface area is 114 Å². The van der Waals surface area contributed by atoms with Crippen LogP contribution in [0.5, 0.6) is 0 Å². The summed E-state index contributed by atoms with van der Waals surface area (Å²) < 4.78 is 22.7. The van der Waals surface area contributed by atoms with E-state index in [0.717, 1.165) is 6.42 Å². The van der Waals surface area contributed by atoms with Crippen LogP contribution in [0.15, 0.2) is 30.3 Å². The minimum atomic E-state index is -2.94. The molecule has 0 spiro atoms. The van der Waals surface area contributed by atoms with Gasteiger partial charge in [-0.1, -0.05) is 37.3 Å². The maximum Gasteiger partial charge on any atom is 0.150 e. The number of hydrogen-bond donors (Lipinski definition) is 0. The highest BCUT2D eigenvalue weighted by Crippen LogP contribution is 2.48. The second-order valence-electron chi connectivity index (χ2n) is 5.17. The molecule has 2 unspecified atom stereocenters.